The highest BCUT2D eigenvalue weighted by Crippen LogP contribution is 2.24. The number of carbonyl (C=O) groups excluding carboxylic acids is 3. The van der Waals surface area contributed by atoms with Crippen LogP contribution in [0.2, 0.25) is 0 Å². The number of anilines is 1. The van der Waals surface area contributed by atoms with Gasteiger partial charge in [-0.15, -0.1) is 0 Å². The molecule has 0 N–H and O–H groups in total. The van der Waals surface area contributed by atoms with Crippen LogP contribution in [-0.4, -0.2) is 51.9 Å². The van der Waals surface area contributed by atoms with Crippen LogP contribution in [0.1, 0.15) is 47.3 Å². The summed E-state index contributed by atoms with van der Waals surface area (Å²) in [5.74, 6) is -1.52. The molecule has 0 aliphatic carbocycles. The van der Waals surface area contributed by atoms with Crippen molar-refractivity contribution in [3.63, 3.8) is 0 Å². The molecule has 0 radical (unpaired) electrons. The van der Waals surface area contributed by atoms with Crippen molar-refractivity contribution in [2.75, 3.05) is 19.1 Å². The van der Waals surface area contributed by atoms with Crippen LogP contribution in [0.3, 0.4) is 0 Å². The number of nitro groups is 1. The Hall–Kier alpha value is -4.28. The van der Waals surface area contributed by atoms with E-state index in [1.807, 2.05) is 0 Å². The summed E-state index contributed by atoms with van der Waals surface area (Å²) in [7, 11) is 2.62. The molecule has 0 fully saturated rings. The van der Waals surface area contributed by atoms with Crippen molar-refractivity contribution in [3.8, 4) is 0 Å². The number of methoxy groups -OCH3 is 1. The lowest BCUT2D eigenvalue weighted by molar-refractivity contribution is -0.385. The third-order valence-electron chi connectivity index (χ3n) is 4.63. The smallest absolute Gasteiger partial charge is 0.414 e. The quantitative estimate of drug-likeness (QED) is 0.247. The maximum atomic E-state index is 13.2. The molecule has 11 nitrogen and oxygen atoms in total. The van der Waals surface area contributed by atoms with Gasteiger partial charge < -0.3 is 9.47 Å². The number of imidazole rings is 1. The summed E-state index contributed by atoms with van der Waals surface area (Å²) in [6, 6.07) is 6.76. The number of rotatable bonds is 5. The van der Waals surface area contributed by atoms with Crippen LogP contribution < -0.4 is 4.90 Å². The molecule has 0 saturated heterocycles. The molecule has 0 spiro atoms. The molecule has 33 heavy (non-hydrogen) atoms. The zero-order chi connectivity index (χ0) is 24.5. The van der Waals surface area contributed by atoms with Crippen LogP contribution in [0.4, 0.5) is 16.2 Å². The summed E-state index contributed by atoms with van der Waals surface area (Å²) in [6.07, 6.45) is 2.44. The molecule has 1 aromatic carbocycles. The Morgan fingerprint density at radius 1 is 1.15 bits per heavy atom. The molecule has 2 aromatic heterocycles. The Bertz CT molecular complexity index is 1270. The predicted octanol–water partition coefficient (Wildman–Crippen LogP) is 3.63. The minimum atomic E-state index is -0.939. The standard InChI is InChI=1S/C22H22N4O7/c1-22(2,3)33-21(29)24(4)15-8-7-14-11-23-19(25(14)12-15)18(27)13-6-9-17(26(30)31)16(10-13)20(28)32-5/h6-12H,1-5H3. The van der Waals surface area contributed by atoms with Gasteiger partial charge in [0.25, 0.3) is 5.69 Å². The SMILES string of the molecule is COC(=O)c1cc(C(=O)c2ncc3ccc(N(C)C(=O)OC(C)(C)C)cn23)ccc1[N+](=O)[O-]. The summed E-state index contributed by atoms with van der Waals surface area (Å²) in [5, 5.41) is 11.2. The topological polar surface area (TPSA) is 133 Å². The van der Waals surface area contributed by atoms with Crippen molar-refractivity contribution < 1.29 is 28.8 Å². The van der Waals surface area contributed by atoms with E-state index in [9.17, 15) is 24.5 Å². The highest BCUT2D eigenvalue weighted by atomic mass is 16.6. The Morgan fingerprint density at radius 2 is 1.85 bits per heavy atom. The average Bonchev–Trinajstić information content (AvgIpc) is 3.19. The lowest BCUT2D eigenvalue weighted by Crippen LogP contribution is -2.34. The molecule has 2 heterocycles. The van der Waals surface area contributed by atoms with Gasteiger partial charge in [-0.2, -0.15) is 0 Å². The molecule has 0 aliphatic rings. The Labute approximate surface area is 188 Å². The van der Waals surface area contributed by atoms with Gasteiger partial charge in [-0.25, -0.2) is 14.6 Å². The van der Waals surface area contributed by atoms with Gasteiger partial charge in [-0.3, -0.25) is 24.2 Å². The van der Waals surface area contributed by atoms with Gasteiger partial charge in [0.1, 0.15) is 11.2 Å². The first-order chi connectivity index (χ1) is 15.4. The largest absolute Gasteiger partial charge is 0.465 e. The molecule has 0 atom stereocenters. The van der Waals surface area contributed by atoms with E-state index >= 15 is 0 Å². The molecule has 3 aromatic rings. The van der Waals surface area contributed by atoms with Crippen LogP contribution in [0.25, 0.3) is 5.52 Å². The van der Waals surface area contributed by atoms with Crippen LogP contribution in [-0.2, 0) is 9.47 Å². The molecule has 0 unspecified atom stereocenters. The van der Waals surface area contributed by atoms with Crippen LogP contribution in [0, 0.1) is 10.1 Å². The highest BCUT2D eigenvalue weighted by molar-refractivity contribution is 6.09. The van der Waals surface area contributed by atoms with Crippen LogP contribution in [0.15, 0.2) is 42.7 Å². The van der Waals surface area contributed by atoms with E-state index in [4.69, 9.17) is 4.74 Å². The van der Waals surface area contributed by atoms with E-state index in [1.165, 1.54) is 28.6 Å². The number of fused-ring (bicyclic) bond motifs is 1. The van der Waals surface area contributed by atoms with Gasteiger partial charge >= 0.3 is 12.1 Å². The van der Waals surface area contributed by atoms with E-state index in [2.05, 4.69) is 9.72 Å². The number of ether oxygens (including phenoxy) is 2. The average molecular weight is 454 g/mol. The number of hydrogen-bond donors (Lipinski definition) is 0. The number of hydrogen-bond acceptors (Lipinski definition) is 8. The van der Waals surface area contributed by atoms with E-state index < -0.39 is 34.1 Å². The lowest BCUT2D eigenvalue weighted by atomic mass is 10.0. The molecule has 0 aliphatic heterocycles. The van der Waals surface area contributed by atoms with Crippen molar-refractivity contribution in [1.82, 2.24) is 9.38 Å². The first-order valence-electron chi connectivity index (χ1n) is 9.78. The second-order valence-electron chi connectivity index (χ2n) is 8.11. The summed E-state index contributed by atoms with van der Waals surface area (Å²) in [4.78, 5) is 53.5. The monoisotopic (exact) mass is 454 g/mol. The fourth-order valence-corrected chi connectivity index (χ4v) is 3.02. The summed E-state index contributed by atoms with van der Waals surface area (Å²) in [6.45, 7) is 5.25. The second kappa shape index (κ2) is 8.69. The maximum absolute atomic E-state index is 13.2. The van der Waals surface area contributed by atoms with Crippen molar-refractivity contribution in [3.05, 3.63) is 69.8 Å². The first-order valence-corrected chi connectivity index (χ1v) is 9.78. The number of ketones is 1. The number of nitrogens with zero attached hydrogens (tertiary/aromatic N) is 4. The third kappa shape index (κ3) is 4.81. The number of benzene rings is 1. The minimum Gasteiger partial charge on any atom is -0.465 e. The molecule has 3 rings (SSSR count). The molecule has 11 heteroatoms. The van der Waals surface area contributed by atoms with Crippen molar-refractivity contribution in [2.24, 2.45) is 0 Å². The number of nitro benzene ring substituents is 1. The second-order valence-corrected chi connectivity index (χ2v) is 8.11. The normalized spacial score (nSPS) is 11.2. The van der Waals surface area contributed by atoms with E-state index in [1.54, 1.807) is 39.1 Å². The number of carbonyl (C=O) groups is 3. The summed E-state index contributed by atoms with van der Waals surface area (Å²) in [5.41, 5.74) is -0.470. The Kier molecular flexibility index (Phi) is 6.16. The van der Waals surface area contributed by atoms with Gasteiger partial charge in [0, 0.05) is 24.9 Å². The number of esters is 1. The molecule has 0 bridgehead atoms. The van der Waals surface area contributed by atoms with Crippen molar-refractivity contribution >= 4 is 34.7 Å². The zero-order valence-electron chi connectivity index (χ0n) is 18.7. The first kappa shape index (κ1) is 23.4. The lowest BCUT2D eigenvalue weighted by Gasteiger charge is -2.24. The maximum Gasteiger partial charge on any atom is 0.414 e. The van der Waals surface area contributed by atoms with Gasteiger partial charge in [-0.1, -0.05) is 0 Å². The van der Waals surface area contributed by atoms with Gasteiger partial charge in [0.15, 0.2) is 5.82 Å². The fraction of sp³-hybridized carbons (Fsp3) is 0.273. The van der Waals surface area contributed by atoms with Crippen LogP contribution >= 0.6 is 0 Å². The van der Waals surface area contributed by atoms with Crippen molar-refractivity contribution in [2.45, 2.75) is 26.4 Å². The van der Waals surface area contributed by atoms with Gasteiger partial charge in [0.05, 0.1) is 29.4 Å². The molecular formula is C22H22N4O7. The highest BCUT2D eigenvalue weighted by Gasteiger charge is 2.25. The molecule has 0 saturated carbocycles. The number of amides is 1. The van der Waals surface area contributed by atoms with Crippen molar-refractivity contribution in [1.29, 1.82) is 0 Å². The van der Waals surface area contributed by atoms with Crippen LogP contribution in [0.5, 0.6) is 0 Å². The molecular weight excluding hydrogens is 432 g/mol. The number of pyridine rings is 1. The Balaban J connectivity index is 2.02. The fourth-order valence-electron chi connectivity index (χ4n) is 3.02. The molecule has 1 amide bonds. The Morgan fingerprint density at radius 3 is 2.45 bits per heavy atom. The minimum absolute atomic E-state index is 0.00546. The van der Waals surface area contributed by atoms with E-state index in [0.29, 0.717) is 11.2 Å². The molecule has 172 valence electrons. The third-order valence-corrected chi connectivity index (χ3v) is 4.63. The summed E-state index contributed by atoms with van der Waals surface area (Å²) < 4.78 is 11.4. The predicted molar refractivity (Wildman–Crippen MR) is 118 cm³/mol. The zero-order valence-corrected chi connectivity index (χ0v) is 18.7. The van der Waals surface area contributed by atoms with Gasteiger partial charge in [0.2, 0.25) is 5.78 Å². The summed E-state index contributed by atoms with van der Waals surface area (Å²) >= 11 is 0. The number of aromatic nitrogens is 2. The van der Waals surface area contributed by atoms with Gasteiger partial charge in [-0.05, 0) is 45.0 Å². The van der Waals surface area contributed by atoms with E-state index in [-0.39, 0.29) is 17.0 Å². The van der Waals surface area contributed by atoms with E-state index in [0.717, 1.165) is 19.2 Å².